The van der Waals surface area contributed by atoms with Gasteiger partial charge in [0.15, 0.2) is 0 Å². The first-order chi connectivity index (χ1) is 9.65. The zero-order valence-corrected chi connectivity index (χ0v) is 12.9. The van der Waals surface area contributed by atoms with Crippen molar-refractivity contribution in [2.45, 2.75) is 19.3 Å². The Balaban J connectivity index is 2.21. The van der Waals surface area contributed by atoms with Crippen molar-refractivity contribution in [3.05, 3.63) is 59.2 Å². The molecular weight excluding hydrogens is 270 g/mol. The number of alkyl halides is 1. The van der Waals surface area contributed by atoms with Crippen molar-refractivity contribution in [1.29, 1.82) is 0 Å². The minimum Gasteiger partial charge on any atom is -0.496 e. The molecular formula is C17H20ClNO. The number of halogens is 1. The van der Waals surface area contributed by atoms with Gasteiger partial charge in [0, 0.05) is 30.7 Å². The van der Waals surface area contributed by atoms with Crippen LogP contribution in [-0.4, -0.2) is 14.2 Å². The van der Waals surface area contributed by atoms with E-state index in [9.17, 15) is 0 Å². The molecule has 2 nitrogen and oxygen atoms in total. The van der Waals surface area contributed by atoms with Crippen molar-refractivity contribution in [2.24, 2.45) is 0 Å². The van der Waals surface area contributed by atoms with Crippen LogP contribution >= 0.6 is 11.6 Å². The second-order valence-electron chi connectivity index (χ2n) is 4.92. The molecule has 0 aliphatic rings. The molecule has 0 unspecified atom stereocenters. The zero-order chi connectivity index (χ0) is 14.5. The second kappa shape index (κ2) is 6.67. The third-order valence-electron chi connectivity index (χ3n) is 3.43. The van der Waals surface area contributed by atoms with Crippen molar-refractivity contribution in [3.8, 4) is 5.75 Å². The Morgan fingerprint density at radius 3 is 2.55 bits per heavy atom. The molecule has 0 amide bonds. The zero-order valence-electron chi connectivity index (χ0n) is 12.2. The van der Waals surface area contributed by atoms with Crippen LogP contribution in [0.4, 0.5) is 5.69 Å². The molecule has 0 aliphatic heterocycles. The number of hydrogen-bond donors (Lipinski definition) is 0. The highest BCUT2D eigenvalue weighted by atomic mass is 35.5. The molecule has 20 heavy (non-hydrogen) atoms. The molecule has 0 heterocycles. The fourth-order valence-electron chi connectivity index (χ4n) is 2.40. The molecule has 0 fully saturated rings. The monoisotopic (exact) mass is 289 g/mol. The average Bonchev–Trinajstić information content (AvgIpc) is 2.47. The Bertz CT molecular complexity index is 583. The molecule has 0 N–H and O–H groups in total. The quantitative estimate of drug-likeness (QED) is 0.758. The average molecular weight is 290 g/mol. The Morgan fingerprint density at radius 2 is 1.90 bits per heavy atom. The van der Waals surface area contributed by atoms with Gasteiger partial charge < -0.3 is 9.64 Å². The van der Waals surface area contributed by atoms with Gasteiger partial charge in [0.2, 0.25) is 0 Å². The molecule has 2 aromatic carbocycles. The summed E-state index contributed by atoms with van der Waals surface area (Å²) in [6.07, 6.45) is 0. The van der Waals surface area contributed by atoms with Crippen LogP contribution in [0.5, 0.6) is 5.75 Å². The normalized spacial score (nSPS) is 10.4. The number of rotatable bonds is 5. The van der Waals surface area contributed by atoms with Gasteiger partial charge in [-0.3, -0.25) is 0 Å². The predicted octanol–water partition coefficient (Wildman–Crippen LogP) is 4.38. The van der Waals surface area contributed by atoms with Crippen LogP contribution in [0.2, 0.25) is 0 Å². The molecule has 2 rings (SSSR count). The van der Waals surface area contributed by atoms with Crippen LogP contribution in [-0.2, 0) is 12.4 Å². The molecule has 106 valence electrons. The summed E-state index contributed by atoms with van der Waals surface area (Å²) in [5.41, 5.74) is 4.78. The Hall–Kier alpha value is -1.67. The molecule has 0 aromatic heterocycles. The molecule has 0 radical (unpaired) electrons. The lowest BCUT2D eigenvalue weighted by atomic mass is 10.1. The number of para-hydroxylation sites is 1. The standard InChI is InChI=1S/C17H20ClNO/c1-13-10-14(11-18)8-9-16(13)19(2)12-15-6-4-5-7-17(15)20-3/h4-10H,11-12H2,1-3H3. The first kappa shape index (κ1) is 14.7. The summed E-state index contributed by atoms with van der Waals surface area (Å²) < 4.78 is 5.40. The van der Waals surface area contributed by atoms with Gasteiger partial charge in [0.1, 0.15) is 5.75 Å². The van der Waals surface area contributed by atoms with E-state index in [-0.39, 0.29) is 0 Å². The summed E-state index contributed by atoms with van der Waals surface area (Å²) >= 11 is 5.87. The summed E-state index contributed by atoms with van der Waals surface area (Å²) in [6.45, 7) is 2.93. The van der Waals surface area contributed by atoms with Crippen LogP contribution in [0.25, 0.3) is 0 Å². The Morgan fingerprint density at radius 1 is 1.15 bits per heavy atom. The first-order valence-corrected chi connectivity index (χ1v) is 7.17. The topological polar surface area (TPSA) is 12.5 Å². The van der Waals surface area contributed by atoms with Gasteiger partial charge in [0.05, 0.1) is 7.11 Å². The van der Waals surface area contributed by atoms with E-state index in [4.69, 9.17) is 16.3 Å². The lowest BCUT2D eigenvalue weighted by molar-refractivity contribution is 0.409. The molecule has 0 spiro atoms. The highest BCUT2D eigenvalue weighted by Crippen LogP contribution is 2.25. The van der Waals surface area contributed by atoms with Crippen molar-refractivity contribution >= 4 is 17.3 Å². The van der Waals surface area contributed by atoms with Crippen molar-refractivity contribution < 1.29 is 4.74 Å². The van der Waals surface area contributed by atoms with Crippen molar-refractivity contribution in [1.82, 2.24) is 0 Å². The van der Waals surface area contributed by atoms with E-state index < -0.39 is 0 Å². The van der Waals surface area contributed by atoms with E-state index in [1.54, 1.807) is 7.11 Å². The Kier molecular flexibility index (Phi) is 4.91. The summed E-state index contributed by atoms with van der Waals surface area (Å²) in [5.74, 6) is 1.48. The van der Waals surface area contributed by atoms with Gasteiger partial charge >= 0.3 is 0 Å². The van der Waals surface area contributed by atoms with E-state index in [0.29, 0.717) is 5.88 Å². The fourth-order valence-corrected chi connectivity index (χ4v) is 2.57. The van der Waals surface area contributed by atoms with Crippen LogP contribution in [0.3, 0.4) is 0 Å². The van der Waals surface area contributed by atoms with Crippen LogP contribution < -0.4 is 9.64 Å². The van der Waals surface area contributed by atoms with Gasteiger partial charge in [-0.05, 0) is 30.2 Å². The third kappa shape index (κ3) is 3.26. The SMILES string of the molecule is COc1ccccc1CN(C)c1ccc(CCl)cc1C. The molecule has 0 atom stereocenters. The lowest BCUT2D eigenvalue weighted by Gasteiger charge is -2.23. The Labute approximate surface area is 125 Å². The van der Waals surface area contributed by atoms with Gasteiger partial charge in [0.25, 0.3) is 0 Å². The minimum absolute atomic E-state index is 0.553. The highest BCUT2D eigenvalue weighted by Gasteiger charge is 2.09. The van der Waals surface area contributed by atoms with E-state index in [1.807, 2.05) is 18.2 Å². The number of nitrogens with zero attached hydrogens (tertiary/aromatic N) is 1. The smallest absolute Gasteiger partial charge is 0.123 e. The van der Waals surface area contributed by atoms with Crippen molar-refractivity contribution in [2.75, 3.05) is 19.1 Å². The maximum absolute atomic E-state index is 5.87. The van der Waals surface area contributed by atoms with E-state index >= 15 is 0 Å². The van der Waals surface area contributed by atoms with Crippen molar-refractivity contribution in [3.63, 3.8) is 0 Å². The molecule has 0 bridgehead atoms. The fraction of sp³-hybridized carbons (Fsp3) is 0.294. The predicted molar refractivity (Wildman–Crippen MR) is 85.8 cm³/mol. The van der Waals surface area contributed by atoms with Gasteiger partial charge in [-0.25, -0.2) is 0 Å². The summed E-state index contributed by atoms with van der Waals surface area (Å²) in [7, 11) is 3.80. The number of benzene rings is 2. The van der Waals surface area contributed by atoms with Gasteiger partial charge in [-0.2, -0.15) is 0 Å². The number of hydrogen-bond acceptors (Lipinski definition) is 2. The molecule has 2 aromatic rings. The van der Waals surface area contributed by atoms with Crippen LogP contribution in [0.15, 0.2) is 42.5 Å². The lowest BCUT2D eigenvalue weighted by Crippen LogP contribution is -2.18. The molecule has 3 heteroatoms. The molecule has 0 saturated carbocycles. The van der Waals surface area contributed by atoms with Crippen LogP contribution in [0.1, 0.15) is 16.7 Å². The third-order valence-corrected chi connectivity index (χ3v) is 3.74. The number of aryl methyl sites for hydroxylation is 1. The first-order valence-electron chi connectivity index (χ1n) is 6.64. The largest absolute Gasteiger partial charge is 0.496 e. The number of anilines is 1. The highest BCUT2D eigenvalue weighted by molar-refractivity contribution is 6.17. The summed E-state index contributed by atoms with van der Waals surface area (Å²) in [5, 5.41) is 0. The minimum atomic E-state index is 0.553. The summed E-state index contributed by atoms with van der Waals surface area (Å²) in [4.78, 5) is 2.23. The number of methoxy groups -OCH3 is 1. The summed E-state index contributed by atoms with van der Waals surface area (Å²) in [6, 6.07) is 14.5. The number of ether oxygens (including phenoxy) is 1. The van der Waals surface area contributed by atoms with E-state index in [0.717, 1.165) is 17.9 Å². The van der Waals surface area contributed by atoms with Gasteiger partial charge in [-0.15, -0.1) is 11.6 Å². The maximum Gasteiger partial charge on any atom is 0.123 e. The van der Waals surface area contributed by atoms with E-state index in [2.05, 4.69) is 43.1 Å². The molecule has 0 saturated heterocycles. The maximum atomic E-state index is 5.87. The van der Waals surface area contributed by atoms with Crippen LogP contribution in [0, 0.1) is 6.92 Å². The molecule has 0 aliphatic carbocycles. The van der Waals surface area contributed by atoms with E-state index in [1.165, 1.54) is 16.8 Å². The van der Waals surface area contributed by atoms with Gasteiger partial charge in [-0.1, -0.05) is 30.3 Å². The second-order valence-corrected chi connectivity index (χ2v) is 5.19.